The smallest absolute Gasteiger partial charge is 0.416 e. The van der Waals surface area contributed by atoms with Gasteiger partial charge in [-0.25, -0.2) is 9.97 Å². The van der Waals surface area contributed by atoms with Gasteiger partial charge in [0, 0.05) is 24.4 Å². The minimum Gasteiger partial charge on any atom is -0.432 e. The average Bonchev–Trinajstić information content (AvgIpc) is 2.95. The Hall–Kier alpha value is -2.81. The highest BCUT2D eigenvalue weighted by Crippen LogP contribution is 2.41. The number of aliphatic hydroxyl groups is 1. The molecule has 0 spiro atoms. The quantitative estimate of drug-likeness (QED) is 0.233. The van der Waals surface area contributed by atoms with E-state index >= 15 is 0 Å². The van der Waals surface area contributed by atoms with E-state index in [9.17, 15) is 22.0 Å². The Kier molecular flexibility index (Phi) is 10.3. The average molecular weight is 565 g/mol. The maximum atomic E-state index is 14.7. The molecule has 1 N–H and O–H groups in total. The fourth-order valence-electron chi connectivity index (χ4n) is 5.58. The lowest BCUT2D eigenvalue weighted by molar-refractivity contribution is -0.223. The number of aliphatic hydroxyl groups excluding tert-OH is 1. The molecule has 0 amide bonds. The van der Waals surface area contributed by atoms with Crippen LogP contribution < -0.4 is 4.74 Å². The lowest BCUT2D eigenvalue weighted by Crippen LogP contribution is -2.37. The number of allylic oxidation sites excluding steroid dienone is 4. The van der Waals surface area contributed by atoms with Gasteiger partial charge in [0.1, 0.15) is 11.6 Å². The molecule has 2 aliphatic carbocycles. The first kappa shape index (κ1) is 30.2. The van der Waals surface area contributed by atoms with E-state index in [1.54, 1.807) is 12.4 Å². The first-order valence-electron chi connectivity index (χ1n) is 14.1. The molecule has 0 aliphatic heterocycles. The molecule has 0 atom stereocenters. The van der Waals surface area contributed by atoms with E-state index in [4.69, 9.17) is 9.84 Å². The summed E-state index contributed by atoms with van der Waals surface area (Å²) in [5.74, 6) is 1.00. The maximum Gasteiger partial charge on any atom is 0.416 e. The molecule has 0 unspecified atom stereocenters. The molecule has 2 aliphatic rings. The summed E-state index contributed by atoms with van der Waals surface area (Å²) in [6, 6.07) is 3.41. The molecule has 218 valence electrons. The van der Waals surface area contributed by atoms with Crippen molar-refractivity contribution >= 4 is 0 Å². The van der Waals surface area contributed by atoms with Crippen molar-refractivity contribution in [2.45, 2.75) is 83.1 Å². The Morgan fingerprint density at radius 3 is 1.93 bits per heavy atom. The van der Waals surface area contributed by atoms with Gasteiger partial charge in [0.2, 0.25) is 0 Å². The third-order valence-electron chi connectivity index (χ3n) is 8.11. The third kappa shape index (κ3) is 8.85. The molecule has 1 heterocycles. The number of rotatable bonds is 10. The summed E-state index contributed by atoms with van der Waals surface area (Å²) in [4.78, 5) is 8.48. The third-order valence-corrected chi connectivity index (χ3v) is 8.11. The normalized spacial score (nSPS) is 24.6. The zero-order valence-electron chi connectivity index (χ0n) is 22.5. The van der Waals surface area contributed by atoms with Crippen LogP contribution in [0.2, 0.25) is 0 Å². The molecule has 2 saturated carbocycles. The Labute approximate surface area is 232 Å². The van der Waals surface area contributed by atoms with Crippen LogP contribution in [0.25, 0.3) is 0 Å². The molecule has 4 nitrogen and oxygen atoms in total. The van der Waals surface area contributed by atoms with Gasteiger partial charge in [0.25, 0.3) is 0 Å². The van der Waals surface area contributed by atoms with Crippen molar-refractivity contribution < 1.29 is 31.8 Å². The molecule has 0 saturated heterocycles. The first-order valence-corrected chi connectivity index (χ1v) is 14.1. The van der Waals surface area contributed by atoms with Gasteiger partial charge in [-0.15, -0.1) is 0 Å². The van der Waals surface area contributed by atoms with E-state index in [0.717, 1.165) is 49.4 Å². The topological polar surface area (TPSA) is 55.2 Å². The molecule has 2 aromatic rings. The van der Waals surface area contributed by atoms with E-state index in [-0.39, 0.29) is 18.3 Å². The van der Waals surface area contributed by atoms with Gasteiger partial charge in [0.05, 0.1) is 18.1 Å². The highest BCUT2D eigenvalue weighted by Gasteiger charge is 2.44. The number of nitrogens with zero attached hydrogens (tertiary/aromatic N) is 2. The van der Waals surface area contributed by atoms with Crippen LogP contribution in [-0.4, -0.2) is 21.2 Å². The van der Waals surface area contributed by atoms with Gasteiger partial charge in [-0.05, 0) is 99.8 Å². The number of halogens is 5. The largest absolute Gasteiger partial charge is 0.432 e. The highest BCUT2D eigenvalue weighted by molar-refractivity contribution is 5.29. The standard InChI is InChI=1S/C31H37F5N2O2/c32-30(33,34)26-15-17-28(18-16-26)40-31(35,36)27-13-11-24(12-14-27)10-9-23-7-5-22(6-8-23)3-1-2-4-29-37-19-25(21-39)20-38-29/h1-2,9-10,15-20,22-24,27,39H,3-8,11-14,21H2/b2-1-,10-9+. The summed E-state index contributed by atoms with van der Waals surface area (Å²) in [6.07, 6.45) is 12.4. The predicted molar refractivity (Wildman–Crippen MR) is 142 cm³/mol. The zero-order chi connectivity index (χ0) is 28.6. The molecular formula is C31H37F5N2O2. The molecule has 1 aromatic heterocycles. The minimum atomic E-state index is -4.52. The second kappa shape index (κ2) is 13.7. The van der Waals surface area contributed by atoms with Crippen molar-refractivity contribution in [3.8, 4) is 5.75 Å². The van der Waals surface area contributed by atoms with Crippen molar-refractivity contribution in [2.75, 3.05) is 0 Å². The SMILES string of the molecule is OCc1cnc(C/C=C\CC2CCC(/C=C/C3CCC(C(F)(F)Oc4ccc(C(F)(F)F)cc4)CC3)CC2)nc1. The van der Waals surface area contributed by atoms with Crippen LogP contribution in [0.3, 0.4) is 0 Å². The summed E-state index contributed by atoms with van der Waals surface area (Å²) in [7, 11) is 0. The van der Waals surface area contributed by atoms with Crippen LogP contribution in [0.5, 0.6) is 5.75 Å². The Balaban J connectivity index is 1.14. The van der Waals surface area contributed by atoms with Crippen LogP contribution in [-0.2, 0) is 19.2 Å². The van der Waals surface area contributed by atoms with Crippen molar-refractivity contribution in [1.82, 2.24) is 9.97 Å². The number of hydrogen-bond donors (Lipinski definition) is 1. The number of benzene rings is 1. The van der Waals surface area contributed by atoms with E-state index in [0.29, 0.717) is 49.5 Å². The lowest BCUT2D eigenvalue weighted by Gasteiger charge is -2.32. The predicted octanol–water partition coefficient (Wildman–Crippen LogP) is 8.32. The first-order chi connectivity index (χ1) is 19.1. The zero-order valence-corrected chi connectivity index (χ0v) is 22.5. The van der Waals surface area contributed by atoms with Crippen molar-refractivity contribution in [1.29, 1.82) is 0 Å². The number of alkyl halides is 5. The number of hydrogen-bond acceptors (Lipinski definition) is 4. The van der Waals surface area contributed by atoms with E-state index in [1.807, 2.05) is 0 Å². The molecule has 0 bridgehead atoms. The fourth-order valence-corrected chi connectivity index (χ4v) is 5.58. The van der Waals surface area contributed by atoms with Crippen molar-refractivity contribution in [2.24, 2.45) is 23.7 Å². The van der Waals surface area contributed by atoms with Crippen LogP contribution in [0.4, 0.5) is 22.0 Å². The summed E-state index contributed by atoms with van der Waals surface area (Å²) in [6.45, 7) is -0.0550. The molecule has 40 heavy (non-hydrogen) atoms. The van der Waals surface area contributed by atoms with E-state index < -0.39 is 23.8 Å². The summed E-state index contributed by atoms with van der Waals surface area (Å²) < 4.78 is 72.4. The summed E-state index contributed by atoms with van der Waals surface area (Å²) in [5.41, 5.74) is -0.189. The summed E-state index contributed by atoms with van der Waals surface area (Å²) >= 11 is 0. The van der Waals surface area contributed by atoms with Crippen LogP contribution >= 0.6 is 0 Å². The Morgan fingerprint density at radius 2 is 1.38 bits per heavy atom. The maximum absolute atomic E-state index is 14.7. The fraction of sp³-hybridized carbons (Fsp3) is 0.548. The molecule has 0 radical (unpaired) electrons. The second-order valence-corrected chi connectivity index (χ2v) is 11.0. The van der Waals surface area contributed by atoms with Gasteiger partial charge in [0.15, 0.2) is 0 Å². The Morgan fingerprint density at radius 1 is 0.800 bits per heavy atom. The molecule has 4 rings (SSSR count). The Bertz CT molecular complexity index is 1100. The summed E-state index contributed by atoms with van der Waals surface area (Å²) in [5, 5.41) is 9.06. The molecular weight excluding hydrogens is 527 g/mol. The molecule has 1 aromatic carbocycles. The monoisotopic (exact) mass is 564 g/mol. The minimum absolute atomic E-state index is 0.0550. The highest BCUT2D eigenvalue weighted by atomic mass is 19.4. The van der Waals surface area contributed by atoms with E-state index in [2.05, 4.69) is 34.3 Å². The van der Waals surface area contributed by atoms with Crippen LogP contribution in [0.1, 0.15) is 74.7 Å². The van der Waals surface area contributed by atoms with Gasteiger partial charge < -0.3 is 9.84 Å². The van der Waals surface area contributed by atoms with E-state index in [1.165, 1.54) is 12.8 Å². The van der Waals surface area contributed by atoms with Gasteiger partial charge in [-0.3, -0.25) is 0 Å². The van der Waals surface area contributed by atoms with Gasteiger partial charge >= 0.3 is 12.3 Å². The number of aromatic nitrogens is 2. The van der Waals surface area contributed by atoms with Crippen LogP contribution in [0, 0.1) is 23.7 Å². The van der Waals surface area contributed by atoms with Crippen LogP contribution in [0.15, 0.2) is 61.0 Å². The molecule has 2 fully saturated rings. The number of ether oxygens (including phenoxy) is 1. The van der Waals surface area contributed by atoms with Crippen molar-refractivity contribution in [3.63, 3.8) is 0 Å². The van der Waals surface area contributed by atoms with Gasteiger partial charge in [-0.2, -0.15) is 22.0 Å². The second-order valence-electron chi connectivity index (χ2n) is 11.0. The molecule has 9 heteroatoms. The van der Waals surface area contributed by atoms with Crippen molar-refractivity contribution in [3.05, 3.63) is 77.9 Å². The van der Waals surface area contributed by atoms with Gasteiger partial charge in [-0.1, -0.05) is 24.3 Å². The lowest BCUT2D eigenvalue weighted by atomic mass is 9.78.